The molecule has 88 valence electrons. The van der Waals surface area contributed by atoms with E-state index in [9.17, 15) is 4.79 Å². The number of hydrogen-bond acceptors (Lipinski definition) is 4. The van der Waals surface area contributed by atoms with Gasteiger partial charge in [-0.3, -0.25) is 0 Å². The van der Waals surface area contributed by atoms with E-state index in [-0.39, 0.29) is 5.57 Å². The van der Waals surface area contributed by atoms with E-state index in [0.29, 0.717) is 6.61 Å². The summed E-state index contributed by atoms with van der Waals surface area (Å²) in [5.41, 5.74) is 2.09. The molecule has 0 atom stereocenters. The molecule has 0 aliphatic heterocycles. The number of aryl methyl sites for hydroxylation is 1. The van der Waals surface area contributed by atoms with Gasteiger partial charge in [-0.2, -0.15) is 5.26 Å². The van der Waals surface area contributed by atoms with Gasteiger partial charge in [-0.25, -0.2) is 4.79 Å². The highest BCUT2D eigenvalue weighted by atomic mass is 32.1. The summed E-state index contributed by atoms with van der Waals surface area (Å²) < 4.78 is 4.92. The first kappa shape index (κ1) is 11.9. The van der Waals surface area contributed by atoms with E-state index in [4.69, 9.17) is 10.00 Å². The van der Waals surface area contributed by atoms with Crippen LogP contribution < -0.4 is 0 Å². The van der Waals surface area contributed by atoms with Gasteiger partial charge in [0.1, 0.15) is 11.6 Å². The van der Waals surface area contributed by atoms with E-state index in [0.717, 1.165) is 30.4 Å². The molecule has 3 nitrogen and oxygen atoms in total. The quantitative estimate of drug-likeness (QED) is 0.458. The third kappa shape index (κ3) is 2.25. The summed E-state index contributed by atoms with van der Waals surface area (Å²) in [7, 11) is 0. The highest BCUT2D eigenvalue weighted by molar-refractivity contribution is 7.10. The number of ether oxygens (including phenoxy) is 1. The van der Waals surface area contributed by atoms with E-state index in [2.05, 4.69) is 0 Å². The van der Waals surface area contributed by atoms with E-state index >= 15 is 0 Å². The van der Waals surface area contributed by atoms with Crippen molar-refractivity contribution in [3.63, 3.8) is 0 Å². The normalized spacial score (nSPS) is 16.9. The molecule has 4 heteroatoms. The maximum Gasteiger partial charge on any atom is 0.349 e. The van der Waals surface area contributed by atoms with Crippen molar-refractivity contribution in [1.29, 1.82) is 5.26 Å². The van der Waals surface area contributed by atoms with Crippen LogP contribution in [0.4, 0.5) is 0 Å². The Morgan fingerprint density at radius 1 is 1.59 bits per heavy atom. The smallest absolute Gasteiger partial charge is 0.349 e. The Balaban J connectivity index is 2.45. The standard InChI is InChI=1S/C13H13NO2S/c1-2-16-13(15)11(8-14)9-4-3-5-12-10(9)6-7-17-12/h6-7H,2-5H2,1H3. The molecule has 0 saturated carbocycles. The largest absolute Gasteiger partial charge is 0.462 e. The second kappa shape index (κ2) is 5.15. The Morgan fingerprint density at radius 3 is 3.12 bits per heavy atom. The third-order valence-electron chi connectivity index (χ3n) is 2.79. The highest BCUT2D eigenvalue weighted by Crippen LogP contribution is 2.36. The number of esters is 1. The van der Waals surface area contributed by atoms with Gasteiger partial charge in [0.05, 0.1) is 6.61 Å². The van der Waals surface area contributed by atoms with Gasteiger partial charge in [-0.05, 0) is 48.8 Å². The fourth-order valence-electron chi connectivity index (χ4n) is 2.06. The summed E-state index contributed by atoms with van der Waals surface area (Å²) >= 11 is 1.69. The van der Waals surface area contributed by atoms with Crippen molar-refractivity contribution in [2.75, 3.05) is 6.61 Å². The molecule has 0 unspecified atom stereocenters. The number of fused-ring (bicyclic) bond motifs is 1. The number of nitrogens with zero attached hydrogens (tertiary/aromatic N) is 1. The average molecular weight is 247 g/mol. The van der Waals surface area contributed by atoms with Crippen LogP contribution in [0.25, 0.3) is 5.57 Å². The topological polar surface area (TPSA) is 50.1 Å². The minimum absolute atomic E-state index is 0.172. The second-order valence-corrected chi connectivity index (χ2v) is 4.80. The van der Waals surface area contributed by atoms with E-state index in [1.165, 1.54) is 4.88 Å². The van der Waals surface area contributed by atoms with Gasteiger partial charge in [0, 0.05) is 4.88 Å². The predicted molar refractivity (Wildman–Crippen MR) is 66.4 cm³/mol. The van der Waals surface area contributed by atoms with Gasteiger partial charge in [0.25, 0.3) is 0 Å². The molecule has 17 heavy (non-hydrogen) atoms. The number of hydrogen-bond donors (Lipinski definition) is 0. The van der Waals surface area contributed by atoms with E-state index in [1.54, 1.807) is 18.3 Å². The Labute approximate surface area is 104 Å². The van der Waals surface area contributed by atoms with Crippen LogP contribution in [0.2, 0.25) is 0 Å². The molecular formula is C13H13NO2S. The van der Waals surface area contributed by atoms with Crippen LogP contribution in [0.5, 0.6) is 0 Å². The first-order valence-electron chi connectivity index (χ1n) is 5.65. The van der Waals surface area contributed by atoms with Crippen LogP contribution in [0, 0.1) is 11.3 Å². The monoisotopic (exact) mass is 247 g/mol. The van der Waals surface area contributed by atoms with E-state index in [1.807, 2.05) is 17.5 Å². The zero-order chi connectivity index (χ0) is 12.3. The van der Waals surface area contributed by atoms with Crippen molar-refractivity contribution in [2.24, 2.45) is 0 Å². The lowest BCUT2D eigenvalue weighted by Crippen LogP contribution is -2.10. The van der Waals surface area contributed by atoms with Gasteiger partial charge in [-0.1, -0.05) is 0 Å². The molecule has 0 fully saturated rings. The van der Waals surface area contributed by atoms with Crippen molar-refractivity contribution in [2.45, 2.75) is 26.2 Å². The summed E-state index contributed by atoms with van der Waals surface area (Å²) in [4.78, 5) is 13.0. The molecule has 1 heterocycles. The van der Waals surface area contributed by atoms with Crippen LogP contribution in [-0.2, 0) is 16.0 Å². The Bertz CT molecular complexity index is 508. The predicted octanol–water partition coefficient (Wildman–Crippen LogP) is 2.92. The number of nitriles is 1. The molecule has 0 bridgehead atoms. The Hall–Kier alpha value is -1.60. The van der Waals surface area contributed by atoms with Crippen molar-refractivity contribution in [3.8, 4) is 6.07 Å². The molecule has 0 spiro atoms. The lowest BCUT2D eigenvalue weighted by molar-refractivity contribution is -0.137. The third-order valence-corrected chi connectivity index (χ3v) is 3.78. The summed E-state index contributed by atoms with van der Waals surface area (Å²) in [6, 6.07) is 3.99. The molecule has 1 aromatic heterocycles. The summed E-state index contributed by atoms with van der Waals surface area (Å²) in [6.07, 6.45) is 2.82. The van der Waals surface area contributed by atoms with Crippen LogP contribution in [-0.4, -0.2) is 12.6 Å². The van der Waals surface area contributed by atoms with Crippen molar-refractivity contribution < 1.29 is 9.53 Å². The van der Waals surface area contributed by atoms with Gasteiger partial charge < -0.3 is 4.74 Å². The van der Waals surface area contributed by atoms with Crippen LogP contribution >= 0.6 is 11.3 Å². The van der Waals surface area contributed by atoms with Gasteiger partial charge in [0.2, 0.25) is 0 Å². The van der Waals surface area contributed by atoms with Crippen LogP contribution in [0.15, 0.2) is 17.0 Å². The Kier molecular flexibility index (Phi) is 3.60. The van der Waals surface area contributed by atoms with Crippen LogP contribution in [0.3, 0.4) is 0 Å². The lowest BCUT2D eigenvalue weighted by atomic mass is 9.90. The summed E-state index contributed by atoms with van der Waals surface area (Å²) in [6.45, 7) is 2.04. The molecule has 1 aromatic rings. The fraction of sp³-hybridized carbons (Fsp3) is 0.385. The molecule has 0 amide bonds. The van der Waals surface area contributed by atoms with Gasteiger partial charge >= 0.3 is 5.97 Å². The fourth-order valence-corrected chi connectivity index (χ4v) is 3.01. The number of allylic oxidation sites excluding steroid dienone is 1. The lowest BCUT2D eigenvalue weighted by Gasteiger charge is -2.16. The summed E-state index contributed by atoms with van der Waals surface area (Å²) in [5, 5.41) is 11.1. The second-order valence-electron chi connectivity index (χ2n) is 3.80. The SMILES string of the molecule is CCOC(=O)C(C#N)=C1CCCc2sccc21. The Morgan fingerprint density at radius 2 is 2.41 bits per heavy atom. The molecule has 1 aliphatic carbocycles. The van der Waals surface area contributed by atoms with Crippen molar-refractivity contribution in [3.05, 3.63) is 27.5 Å². The molecule has 1 aliphatic rings. The maximum absolute atomic E-state index is 11.7. The number of rotatable bonds is 2. The molecule has 0 aromatic carbocycles. The first-order valence-corrected chi connectivity index (χ1v) is 6.53. The highest BCUT2D eigenvalue weighted by Gasteiger charge is 2.23. The number of thiophene rings is 1. The zero-order valence-corrected chi connectivity index (χ0v) is 10.5. The minimum Gasteiger partial charge on any atom is -0.462 e. The van der Waals surface area contributed by atoms with Gasteiger partial charge in [0.15, 0.2) is 0 Å². The van der Waals surface area contributed by atoms with Crippen molar-refractivity contribution in [1.82, 2.24) is 0 Å². The maximum atomic E-state index is 11.7. The van der Waals surface area contributed by atoms with Crippen LogP contribution in [0.1, 0.15) is 30.2 Å². The molecular weight excluding hydrogens is 234 g/mol. The van der Waals surface area contributed by atoms with Crippen molar-refractivity contribution >= 4 is 22.9 Å². The average Bonchev–Trinajstić information content (AvgIpc) is 2.79. The molecule has 2 rings (SSSR count). The molecule has 0 N–H and O–H groups in total. The molecule has 0 radical (unpaired) electrons. The van der Waals surface area contributed by atoms with E-state index < -0.39 is 5.97 Å². The molecule has 0 saturated heterocycles. The number of carbonyl (C=O) groups is 1. The zero-order valence-electron chi connectivity index (χ0n) is 9.66. The number of carbonyl (C=O) groups excluding carboxylic acids is 1. The minimum atomic E-state index is -0.496. The summed E-state index contributed by atoms with van der Waals surface area (Å²) in [5.74, 6) is -0.496. The van der Waals surface area contributed by atoms with Gasteiger partial charge in [-0.15, -0.1) is 11.3 Å². The first-order chi connectivity index (χ1) is 8.27.